The molecule has 1 N–H and O–H groups in total. The van der Waals surface area contributed by atoms with Crippen molar-refractivity contribution in [3.63, 3.8) is 0 Å². The molecule has 0 spiro atoms. The minimum Gasteiger partial charge on any atom is -0.338 e. The molecule has 19 heavy (non-hydrogen) atoms. The van der Waals surface area contributed by atoms with Crippen molar-refractivity contribution in [1.82, 2.24) is 10.2 Å². The van der Waals surface area contributed by atoms with Crippen LogP contribution in [-0.2, 0) is 11.2 Å². The molecule has 1 atom stereocenters. The number of carbonyl (C=O) groups excluding carboxylic acids is 1. The summed E-state index contributed by atoms with van der Waals surface area (Å²) in [4.78, 5) is 16.9. The average Bonchev–Trinajstić information content (AvgIpc) is 2.97. The Labute approximate surface area is 125 Å². The summed E-state index contributed by atoms with van der Waals surface area (Å²) < 4.78 is 0. The molecule has 1 fully saturated rings. The monoisotopic (exact) mass is 302 g/mol. The zero-order valence-corrected chi connectivity index (χ0v) is 13.3. The molecule has 3 nitrogen and oxygen atoms in total. The number of aryl methyl sites for hydroxylation is 1. The second-order valence-corrected chi connectivity index (χ2v) is 6.30. The fraction of sp³-hybridized carbons (Fsp3) is 0.643. The summed E-state index contributed by atoms with van der Waals surface area (Å²) in [6.07, 6.45) is 2.69. The SMILES string of the molecule is CCCN(C(=O)Cc1ccc(C)s1)C1CCNC1.Cl. The quantitative estimate of drug-likeness (QED) is 0.907. The van der Waals surface area contributed by atoms with Gasteiger partial charge in [0.25, 0.3) is 0 Å². The molecule has 0 bridgehead atoms. The molecule has 5 heteroatoms. The second kappa shape index (κ2) is 7.88. The van der Waals surface area contributed by atoms with E-state index in [0.29, 0.717) is 12.5 Å². The van der Waals surface area contributed by atoms with Crippen molar-refractivity contribution in [2.45, 2.75) is 39.2 Å². The highest BCUT2D eigenvalue weighted by molar-refractivity contribution is 7.12. The molecule has 1 aliphatic rings. The lowest BCUT2D eigenvalue weighted by Gasteiger charge is -2.28. The zero-order valence-electron chi connectivity index (χ0n) is 11.6. The van der Waals surface area contributed by atoms with Crippen molar-refractivity contribution >= 4 is 29.7 Å². The molecular weight excluding hydrogens is 280 g/mol. The Morgan fingerprint density at radius 2 is 2.32 bits per heavy atom. The van der Waals surface area contributed by atoms with Crippen LogP contribution in [0, 0.1) is 6.92 Å². The van der Waals surface area contributed by atoms with E-state index in [4.69, 9.17) is 0 Å². The molecule has 1 aromatic heterocycles. The topological polar surface area (TPSA) is 32.3 Å². The number of nitrogens with zero attached hydrogens (tertiary/aromatic N) is 1. The molecule has 0 aromatic carbocycles. The number of halogens is 1. The highest BCUT2D eigenvalue weighted by Crippen LogP contribution is 2.18. The number of hydrogen-bond acceptors (Lipinski definition) is 3. The summed E-state index contributed by atoms with van der Waals surface area (Å²) in [6, 6.07) is 4.57. The predicted octanol–water partition coefficient (Wildman–Crippen LogP) is 2.62. The van der Waals surface area contributed by atoms with E-state index in [1.165, 1.54) is 9.75 Å². The molecule has 1 amide bonds. The highest BCUT2D eigenvalue weighted by atomic mass is 35.5. The fourth-order valence-corrected chi connectivity index (χ4v) is 3.37. The van der Waals surface area contributed by atoms with E-state index in [9.17, 15) is 4.79 Å². The number of nitrogens with one attached hydrogen (secondary N) is 1. The normalized spacial score (nSPS) is 18.1. The van der Waals surface area contributed by atoms with Crippen LogP contribution in [0.1, 0.15) is 29.5 Å². The van der Waals surface area contributed by atoms with Gasteiger partial charge in [0, 0.05) is 28.9 Å². The Hall–Kier alpha value is -0.580. The van der Waals surface area contributed by atoms with Gasteiger partial charge in [-0.3, -0.25) is 4.79 Å². The van der Waals surface area contributed by atoms with Crippen molar-refractivity contribution < 1.29 is 4.79 Å². The molecule has 2 rings (SSSR count). The number of amides is 1. The molecule has 0 saturated carbocycles. The van der Waals surface area contributed by atoms with Crippen LogP contribution in [0.25, 0.3) is 0 Å². The van der Waals surface area contributed by atoms with Crippen LogP contribution in [0.3, 0.4) is 0 Å². The van der Waals surface area contributed by atoms with Crippen molar-refractivity contribution in [2.75, 3.05) is 19.6 Å². The van der Waals surface area contributed by atoms with Gasteiger partial charge in [-0.1, -0.05) is 6.92 Å². The van der Waals surface area contributed by atoms with Gasteiger partial charge in [-0.2, -0.15) is 0 Å². The van der Waals surface area contributed by atoms with Crippen molar-refractivity contribution in [3.8, 4) is 0 Å². The van der Waals surface area contributed by atoms with Crippen LogP contribution in [-0.4, -0.2) is 36.5 Å². The van der Waals surface area contributed by atoms with Crippen LogP contribution < -0.4 is 5.32 Å². The fourth-order valence-electron chi connectivity index (χ4n) is 2.49. The first-order valence-corrected chi connectivity index (χ1v) is 7.58. The van der Waals surface area contributed by atoms with E-state index in [0.717, 1.165) is 32.5 Å². The second-order valence-electron chi connectivity index (χ2n) is 4.92. The number of rotatable bonds is 5. The zero-order chi connectivity index (χ0) is 13.0. The van der Waals surface area contributed by atoms with E-state index in [1.54, 1.807) is 11.3 Å². The van der Waals surface area contributed by atoms with Crippen LogP contribution in [0.2, 0.25) is 0 Å². The van der Waals surface area contributed by atoms with Crippen LogP contribution in [0.15, 0.2) is 12.1 Å². The van der Waals surface area contributed by atoms with Gasteiger partial charge in [0.15, 0.2) is 0 Å². The van der Waals surface area contributed by atoms with Crippen molar-refractivity contribution in [3.05, 3.63) is 21.9 Å². The lowest BCUT2D eigenvalue weighted by Crippen LogP contribution is -2.42. The minimum atomic E-state index is 0. The first-order chi connectivity index (χ1) is 8.70. The first kappa shape index (κ1) is 16.5. The van der Waals surface area contributed by atoms with Gasteiger partial charge in [-0.25, -0.2) is 0 Å². The maximum atomic E-state index is 12.4. The van der Waals surface area contributed by atoms with Crippen LogP contribution in [0.4, 0.5) is 0 Å². The van der Waals surface area contributed by atoms with Crippen LogP contribution in [0.5, 0.6) is 0 Å². The Balaban J connectivity index is 0.00000180. The van der Waals surface area contributed by atoms with Crippen molar-refractivity contribution in [1.29, 1.82) is 0 Å². The molecular formula is C14H23ClN2OS. The molecule has 0 radical (unpaired) electrons. The third kappa shape index (κ3) is 4.48. The summed E-state index contributed by atoms with van der Waals surface area (Å²) in [6.45, 7) is 7.10. The molecule has 1 unspecified atom stereocenters. The molecule has 2 heterocycles. The summed E-state index contributed by atoms with van der Waals surface area (Å²) in [7, 11) is 0. The standard InChI is InChI=1S/C14H22N2OS.ClH/c1-3-8-16(12-6-7-15-10-12)14(17)9-13-5-4-11(2)18-13;/h4-5,12,15H,3,6-10H2,1-2H3;1H. The lowest BCUT2D eigenvalue weighted by molar-refractivity contribution is -0.132. The molecule has 0 aliphatic carbocycles. The van der Waals surface area contributed by atoms with Gasteiger partial charge < -0.3 is 10.2 Å². The number of hydrogen-bond donors (Lipinski definition) is 1. The van der Waals surface area contributed by atoms with Crippen molar-refractivity contribution in [2.24, 2.45) is 0 Å². The van der Waals surface area contributed by atoms with E-state index >= 15 is 0 Å². The van der Waals surface area contributed by atoms with E-state index in [2.05, 4.69) is 36.2 Å². The van der Waals surface area contributed by atoms with Gasteiger partial charge in [-0.05, 0) is 38.4 Å². The lowest BCUT2D eigenvalue weighted by atomic mass is 10.2. The third-order valence-electron chi connectivity index (χ3n) is 3.38. The summed E-state index contributed by atoms with van der Waals surface area (Å²) in [5.74, 6) is 0.285. The average molecular weight is 303 g/mol. The van der Waals surface area contributed by atoms with Gasteiger partial charge in [0.1, 0.15) is 0 Å². The van der Waals surface area contributed by atoms with Gasteiger partial charge in [0.05, 0.1) is 6.42 Å². The van der Waals surface area contributed by atoms with Crippen LogP contribution >= 0.6 is 23.7 Å². The summed E-state index contributed by atoms with van der Waals surface area (Å²) >= 11 is 1.73. The maximum Gasteiger partial charge on any atom is 0.228 e. The minimum absolute atomic E-state index is 0. The van der Waals surface area contributed by atoms with E-state index in [1.807, 2.05) is 0 Å². The first-order valence-electron chi connectivity index (χ1n) is 6.76. The Morgan fingerprint density at radius 3 is 2.84 bits per heavy atom. The third-order valence-corrected chi connectivity index (χ3v) is 4.38. The molecule has 1 aliphatic heterocycles. The summed E-state index contributed by atoms with van der Waals surface area (Å²) in [5.41, 5.74) is 0. The van der Waals surface area contributed by atoms with E-state index < -0.39 is 0 Å². The largest absolute Gasteiger partial charge is 0.338 e. The number of carbonyl (C=O) groups is 1. The smallest absolute Gasteiger partial charge is 0.228 e. The Bertz CT molecular complexity index is 402. The predicted molar refractivity (Wildman–Crippen MR) is 83.3 cm³/mol. The van der Waals surface area contributed by atoms with Gasteiger partial charge in [0.2, 0.25) is 5.91 Å². The highest BCUT2D eigenvalue weighted by Gasteiger charge is 2.25. The van der Waals surface area contributed by atoms with Gasteiger partial charge >= 0.3 is 0 Å². The maximum absolute atomic E-state index is 12.4. The Morgan fingerprint density at radius 1 is 1.53 bits per heavy atom. The molecule has 1 saturated heterocycles. The Kier molecular flexibility index (Phi) is 6.83. The molecule has 108 valence electrons. The van der Waals surface area contributed by atoms with E-state index in [-0.39, 0.29) is 18.3 Å². The number of thiophene rings is 1. The molecule has 1 aromatic rings. The van der Waals surface area contributed by atoms with Gasteiger partial charge in [-0.15, -0.1) is 23.7 Å². The summed E-state index contributed by atoms with van der Waals surface area (Å²) in [5, 5.41) is 3.34.